The normalized spacial score (nSPS) is 13.4. The van der Waals surface area contributed by atoms with Crippen LogP contribution >= 0.6 is 0 Å². The third-order valence-electron chi connectivity index (χ3n) is 5.70. The molecule has 0 fully saturated rings. The summed E-state index contributed by atoms with van der Waals surface area (Å²) in [6.45, 7) is 6.86. The fourth-order valence-corrected chi connectivity index (χ4v) is 3.89. The Hall–Kier alpha value is -4.21. The maximum absolute atomic E-state index is 13.5. The number of aromatic amines is 1. The van der Waals surface area contributed by atoms with E-state index in [1.54, 1.807) is 7.05 Å². The van der Waals surface area contributed by atoms with Gasteiger partial charge in [0.1, 0.15) is 11.6 Å². The highest BCUT2D eigenvalue weighted by molar-refractivity contribution is 5.79. The lowest BCUT2D eigenvalue weighted by Gasteiger charge is -2.39. The summed E-state index contributed by atoms with van der Waals surface area (Å²) in [5.41, 5.74) is 4.50. The van der Waals surface area contributed by atoms with Crippen LogP contribution in [0.1, 0.15) is 11.1 Å². The molecule has 168 valence electrons. The molecule has 8 nitrogen and oxygen atoms in total. The summed E-state index contributed by atoms with van der Waals surface area (Å²) in [6.07, 6.45) is 1.81. The Morgan fingerprint density at radius 3 is 2.70 bits per heavy atom. The number of anilines is 5. The number of nitrogens with one attached hydrogen (secondary N) is 3. The van der Waals surface area contributed by atoms with E-state index in [1.807, 2.05) is 43.3 Å². The number of hydrogen-bond donors (Lipinski definition) is 3. The standard InChI is InChI=1S/C23H22F2N8/c1-12-5-6-15(28-23-29-18-8-16(24)17(25)9-19(18)30-23)7-20(12)33-11-14-10-27-22(26-3)31-21(14)32(4)13(33)2/h5-10H,2,11H2,1,3-4H3,(H,26,27,31)(H2,28,29,30). The summed E-state index contributed by atoms with van der Waals surface area (Å²) in [5, 5.41) is 6.14. The van der Waals surface area contributed by atoms with Crippen LogP contribution in [0.5, 0.6) is 0 Å². The molecule has 0 spiro atoms. The highest BCUT2D eigenvalue weighted by atomic mass is 19.2. The molecule has 2 aromatic carbocycles. The third kappa shape index (κ3) is 3.59. The zero-order valence-corrected chi connectivity index (χ0v) is 18.4. The molecule has 10 heteroatoms. The molecule has 0 aliphatic carbocycles. The molecule has 1 aliphatic heterocycles. The van der Waals surface area contributed by atoms with Crippen molar-refractivity contribution in [3.05, 3.63) is 71.7 Å². The zero-order chi connectivity index (χ0) is 23.3. The fourth-order valence-electron chi connectivity index (χ4n) is 3.89. The van der Waals surface area contributed by atoms with E-state index in [9.17, 15) is 8.78 Å². The van der Waals surface area contributed by atoms with Gasteiger partial charge in [-0.2, -0.15) is 4.98 Å². The van der Waals surface area contributed by atoms with E-state index >= 15 is 0 Å². The van der Waals surface area contributed by atoms with Crippen LogP contribution in [0.3, 0.4) is 0 Å². The van der Waals surface area contributed by atoms with E-state index in [-0.39, 0.29) is 0 Å². The van der Waals surface area contributed by atoms with Gasteiger partial charge in [0.15, 0.2) is 11.6 Å². The van der Waals surface area contributed by atoms with Crippen molar-refractivity contribution >= 4 is 40.1 Å². The first kappa shape index (κ1) is 20.7. The Kier molecular flexibility index (Phi) is 4.85. The summed E-state index contributed by atoms with van der Waals surface area (Å²) in [5.74, 6) is 0.668. The molecule has 0 atom stereocenters. The van der Waals surface area contributed by atoms with Crippen LogP contribution in [0.25, 0.3) is 11.0 Å². The summed E-state index contributed by atoms with van der Waals surface area (Å²) in [4.78, 5) is 20.2. The molecule has 0 amide bonds. The van der Waals surface area contributed by atoms with Gasteiger partial charge >= 0.3 is 0 Å². The van der Waals surface area contributed by atoms with Gasteiger partial charge in [-0.25, -0.2) is 18.7 Å². The second-order valence-electron chi connectivity index (χ2n) is 7.85. The summed E-state index contributed by atoms with van der Waals surface area (Å²) < 4.78 is 27.1. The molecular formula is C23H22F2N8. The van der Waals surface area contributed by atoms with Crippen molar-refractivity contribution in [1.82, 2.24) is 19.9 Å². The van der Waals surface area contributed by atoms with Crippen molar-refractivity contribution in [3.8, 4) is 0 Å². The number of rotatable bonds is 4. The van der Waals surface area contributed by atoms with Crippen LogP contribution < -0.4 is 20.4 Å². The van der Waals surface area contributed by atoms with Crippen LogP contribution in [0.2, 0.25) is 0 Å². The van der Waals surface area contributed by atoms with E-state index in [1.165, 1.54) is 0 Å². The smallest absolute Gasteiger partial charge is 0.224 e. The predicted octanol–water partition coefficient (Wildman–Crippen LogP) is 4.65. The summed E-state index contributed by atoms with van der Waals surface area (Å²) >= 11 is 0. The summed E-state index contributed by atoms with van der Waals surface area (Å²) in [7, 11) is 3.70. The molecule has 0 bridgehead atoms. The molecule has 5 rings (SSSR count). The molecule has 0 radical (unpaired) electrons. The first-order valence-electron chi connectivity index (χ1n) is 10.3. The molecule has 3 N–H and O–H groups in total. The number of aryl methyl sites for hydroxylation is 1. The van der Waals surface area contributed by atoms with Crippen molar-refractivity contribution in [2.24, 2.45) is 0 Å². The van der Waals surface area contributed by atoms with Gasteiger partial charge in [-0.1, -0.05) is 12.6 Å². The molecular weight excluding hydrogens is 426 g/mol. The number of hydrogen-bond acceptors (Lipinski definition) is 7. The van der Waals surface area contributed by atoms with Crippen molar-refractivity contribution in [2.45, 2.75) is 13.5 Å². The molecule has 0 saturated carbocycles. The quantitative estimate of drug-likeness (QED) is 0.419. The average Bonchev–Trinajstić information content (AvgIpc) is 3.18. The monoisotopic (exact) mass is 448 g/mol. The van der Waals surface area contributed by atoms with Gasteiger partial charge in [0.25, 0.3) is 0 Å². The Labute approximate surface area is 189 Å². The minimum Gasteiger partial charge on any atom is -0.357 e. The Balaban J connectivity index is 1.47. The fraction of sp³-hybridized carbons (Fsp3) is 0.174. The van der Waals surface area contributed by atoms with Gasteiger partial charge in [-0.3, -0.25) is 0 Å². The van der Waals surface area contributed by atoms with Crippen LogP contribution in [0.4, 0.5) is 37.9 Å². The van der Waals surface area contributed by atoms with E-state index in [0.717, 1.165) is 46.3 Å². The third-order valence-corrected chi connectivity index (χ3v) is 5.70. The SMILES string of the molecule is C=C1N(C)c2nc(NC)ncc2CN1c1cc(Nc2nc3cc(F)c(F)cc3[nH]2)ccc1C. The van der Waals surface area contributed by atoms with Gasteiger partial charge in [0.2, 0.25) is 11.9 Å². The second kappa shape index (κ2) is 7.73. The van der Waals surface area contributed by atoms with E-state index in [4.69, 9.17) is 0 Å². The molecule has 1 aliphatic rings. The molecule has 0 saturated heterocycles. The Morgan fingerprint density at radius 2 is 1.91 bits per heavy atom. The van der Waals surface area contributed by atoms with E-state index in [2.05, 4.69) is 42.0 Å². The van der Waals surface area contributed by atoms with Crippen LogP contribution in [0.15, 0.2) is 48.9 Å². The van der Waals surface area contributed by atoms with Gasteiger partial charge in [0.05, 0.1) is 17.6 Å². The number of aromatic nitrogens is 4. The Morgan fingerprint density at radius 1 is 1.12 bits per heavy atom. The van der Waals surface area contributed by atoms with Gasteiger partial charge in [-0.15, -0.1) is 0 Å². The van der Waals surface area contributed by atoms with E-state index in [0.29, 0.717) is 29.5 Å². The molecule has 4 aromatic rings. The number of nitrogens with zero attached hydrogens (tertiary/aromatic N) is 5. The number of benzene rings is 2. The van der Waals surface area contributed by atoms with Gasteiger partial charge < -0.3 is 25.4 Å². The first-order chi connectivity index (χ1) is 15.8. The lowest BCUT2D eigenvalue weighted by atomic mass is 10.1. The highest BCUT2D eigenvalue weighted by Gasteiger charge is 2.27. The molecule has 33 heavy (non-hydrogen) atoms. The van der Waals surface area contributed by atoms with Gasteiger partial charge in [0, 0.05) is 49.4 Å². The number of fused-ring (bicyclic) bond motifs is 2. The van der Waals surface area contributed by atoms with Crippen molar-refractivity contribution < 1.29 is 8.78 Å². The largest absolute Gasteiger partial charge is 0.357 e. The molecule has 0 unspecified atom stereocenters. The summed E-state index contributed by atoms with van der Waals surface area (Å²) in [6, 6.07) is 8.05. The Bertz CT molecular complexity index is 1360. The number of H-pyrrole nitrogens is 1. The molecule has 3 heterocycles. The highest BCUT2D eigenvalue weighted by Crippen LogP contribution is 2.36. The van der Waals surface area contributed by atoms with Crippen molar-refractivity contribution in [1.29, 1.82) is 0 Å². The minimum atomic E-state index is -0.933. The molecule has 2 aromatic heterocycles. The van der Waals surface area contributed by atoms with Gasteiger partial charge in [-0.05, 0) is 24.6 Å². The van der Waals surface area contributed by atoms with Crippen molar-refractivity contribution in [3.63, 3.8) is 0 Å². The predicted molar refractivity (Wildman–Crippen MR) is 126 cm³/mol. The van der Waals surface area contributed by atoms with Crippen molar-refractivity contribution in [2.75, 3.05) is 34.5 Å². The first-order valence-corrected chi connectivity index (χ1v) is 10.3. The maximum atomic E-state index is 13.5. The zero-order valence-electron chi connectivity index (χ0n) is 18.4. The lowest BCUT2D eigenvalue weighted by Crippen LogP contribution is -2.38. The minimum absolute atomic E-state index is 0.340. The number of halogens is 2. The average molecular weight is 448 g/mol. The topological polar surface area (TPSA) is 85.0 Å². The maximum Gasteiger partial charge on any atom is 0.224 e. The van der Waals surface area contributed by atoms with Crippen LogP contribution in [-0.2, 0) is 6.54 Å². The second-order valence-corrected chi connectivity index (χ2v) is 7.85. The van der Waals surface area contributed by atoms with Crippen LogP contribution in [0, 0.1) is 18.6 Å². The lowest BCUT2D eigenvalue weighted by molar-refractivity contribution is 0.510. The van der Waals surface area contributed by atoms with E-state index < -0.39 is 11.6 Å². The number of imidazole rings is 1. The van der Waals surface area contributed by atoms with Crippen LogP contribution in [-0.4, -0.2) is 34.0 Å².